The van der Waals surface area contributed by atoms with E-state index in [0.717, 1.165) is 32.5 Å². The van der Waals surface area contributed by atoms with Crippen molar-refractivity contribution in [2.45, 2.75) is 32.7 Å². The molecule has 1 aromatic heterocycles. The predicted molar refractivity (Wildman–Crippen MR) is 78.1 cm³/mol. The number of carbonyl (C=O) groups excluding carboxylic acids is 1. The van der Waals surface area contributed by atoms with Crippen molar-refractivity contribution in [3.8, 4) is 0 Å². The first-order chi connectivity index (χ1) is 9.55. The molecule has 1 aliphatic heterocycles. The highest BCUT2D eigenvalue weighted by atomic mass is 16.2. The van der Waals surface area contributed by atoms with Crippen LogP contribution in [0.15, 0.2) is 24.5 Å². The second-order valence-corrected chi connectivity index (χ2v) is 6.85. The number of aromatic nitrogens is 1. The molecule has 1 N–H and O–H groups in total. The van der Waals surface area contributed by atoms with E-state index in [1.54, 1.807) is 6.20 Å². The summed E-state index contributed by atoms with van der Waals surface area (Å²) in [7, 11) is 0. The third-order valence-corrected chi connectivity index (χ3v) is 4.52. The highest BCUT2D eigenvalue weighted by Crippen LogP contribution is 2.45. The molecule has 1 aromatic rings. The van der Waals surface area contributed by atoms with E-state index in [0.29, 0.717) is 11.3 Å². The molecule has 1 aliphatic carbocycles. The van der Waals surface area contributed by atoms with Gasteiger partial charge < -0.3 is 10.2 Å². The minimum atomic E-state index is 0.217. The van der Waals surface area contributed by atoms with Crippen molar-refractivity contribution in [2.24, 2.45) is 11.3 Å². The van der Waals surface area contributed by atoms with Gasteiger partial charge in [-0.25, -0.2) is 0 Å². The zero-order valence-corrected chi connectivity index (χ0v) is 12.3. The van der Waals surface area contributed by atoms with Crippen LogP contribution in [-0.4, -0.2) is 35.4 Å². The predicted octanol–water partition coefficient (Wildman–Crippen LogP) is 1.99. The monoisotopic (exact) mass is 273 g/mol. The van der Waals surface area contributed by atoms with E-state index in [9.17, 15) is 4.79 Å². The third kappa shape index (κ3) is 2.70. The molecule has 1 amide bonds. The summed E-state index contributed by atoms with van der Waals surface area (Å²) in [5.74, 6) is 0.595. The topological polar surface area (TPSA) is 45.2 Å². The minimum Gasteiger partial charge on any atom is -0.339 e. The van der Waals surface area contributed by atoms with Crippen LogP contribution in [-0.2, 0) is 4.79 Å². The number of piperazine rings is 1. The fourth-order valence-corrected chi connectivity index (χ4v) is 3.46. The highest BCUT2D eigenvalue weighted by molar-refractivity contribution is 5.80. The highest BCUT2D eigenvalue weighted by Gasteiger charge is 2.42. The van der Waals surface area contributed by atoms with Gasteiger partial charge in [-0.3, -0.25) is 9.78 Å². The van der Waals surface area contributed by atoms with Crippen LogP contribution in [0.1, 0.15) is 38.3 Å². The molecule has 0 radical (unpaired) electrons. The van der Waals surface area contributed by atoms with Gasteiger partial charge in [0.25, 0.3) is 0 Å². The van der Waals surface area contributed by atoms with E-state index in [1.165, 1.54) is 5.56 Å². The summed E-state index contributed by atoms with van der Waals surface area (Å²) in [6, 6.07) is 4.24. The Morgan fingerprint density at radius 3 is 2.90 bits per heavy atom. The second-order valence-electron chi connectivity index (χ2n) is 6.85. The lowest BCUT2D eigenvalue weighted by atomic mass is 9.64. The first kappa shape index (κ1) is 13.6. The molecule has 1 saturated heterocycles. The second kappa shape index (κ2) is 5.17. The van der Waals surface area contributed by atoms with Crippen molar-refractivity contribution < 1.29 is 4.79 Å². The van der Waals surface area contributed by atoms with Crippen LogP contribution in [0.25, 0.3) is 0 Å². The summed E-state index contributed by atoms with van der Waals surface area (Å²) < 4.78 is 0. The van der Waals surface area contributed by atoms with Crippen LogP contribution < -0.4 is 5.32 Å². The Labute approximate surface area is 120 Å². The number of hydrogen-bond acceptors (Lipinski definition) is 3. The van der Waals surface area contributed by atoms with Crippen LogP contribution in [0.3, 0.4) is 0 Å². The lowest BCUT2D eigenvalue weighted by Gasteiger charge is -2.45. The fraction of sp³-hybridized carbons (Fsp3) is 0.625. The van der Waals surface area contributed by atoms with E-state index in [1.807, 2.05) is 17.2 Å². The molecule has 20 heavy (non-hydrogen) atoms. The molecule has 2 aliphatic rings. The van der Waals surface area contributed by atoms with E-state index in [-0.39, 0.29) is 12.0 Å². The van der Waals surface area contributed by atoms with Gasteiger partial charge >= 0.3 is 0 Å². The van der Waals surface area contributed by atoms with Gasteiger partial charge in [-0.2, -0.15) is 0 Å². The van der Waals surface area contributed by atoms with Crippen LogP contribution >= 0.6 is 0 Å². The first-order valence-corrected chi connectivity index (χ1v) is 7.47. The van der Waals surface area contributed by atoms with Gasteiger partial charge in [-0.05, 0) is 29.9 Å². The smallest absolute Gasteiger partial charge is 0.225 e. The zero-order valence-electron chi connectivity index (χ0n) is 12.3. The molecule has 0 bridgehead atoms. The van der Waals surface area contributed by atoms with Crippen LogP contribution in [0.2, 0.25) is 0 Å². The number of pyridine rings is 1. The Morgan fingerprint density at radius 1 is 1.45 bits per heavy atom. The fourth-order valence-electron chi connectivity index (χ4n) is 3.46. The summed E-state index contributed by atoms with van der Waals surface area (Å²) in [4.78, 5) is 18.7. The molecule has 2 fully saturated rings. The van der Waals surface area contributed by atoms with Crippen molar-refractivity contribution in [1.82, 2.24) is 15.2 Å². The number of nitrogens with one attached hydrogen (secondary N) is 1. The van der Waals surface area contributed by atoms with E-state index in [4.69, 9.17) is 0 Å². The lowest BCUT2D eigenvalue weighted by Crippen LogP contribution is -2.52. The molecule has 0 aromatic carbocycles. The SMILES string of the molecule is CC1(C)CC(C(=O)N2CCNC(c3cccnc3)C2)C1. The van der Waals surface area contributed by atoms with Crippen molar-refractivity contribution in [3.05, 3.63) is 30.1 Å². The van der Waals surface area contributed by atoms with Crippen LogP contribution in [0.5, 0.6) is 0 Å². The Kier molecular flexibility index (Phi) is 3.50. The maximum Gasteiger partial charge on any atom is 0.225 e. The van der Waals surface area contributed by atoms with Gasteiger partial charge in [0.15, 0.2) is 0 Å². The maximum absolute atomic E-state index is 12.5. The van der Waals surface area contributed by atoms with Crippen LogP contribution in [0.4, 0.5) is 0 Å². The van der Waals surface area contributed by atoms with Gasteiger partial charge in [0, 0.05) is 37.9 Å². The molecular formula is C16H23N3O. The van der Waals surface area contributed by atoms with Crippen LogP contribution in [0, 0.1) is 11.3 Å². The largest absolute Gasteiger partial charge is 0.339 e. The third-order valence-electron chi connectivity index (χ3n) is 4.52. The Bertz CT molecular complexity index is 478. The Morgan fingerprint density at radius 2 is 2.25 bits per heavy atom. The van der Waals surface area contributed by atoms with Crippen molar-refractivity contribution >= 4 is 5.91 Å². The summed E-state index contributed by atoms with van der Waals surface area (Å²) in [6.45, 7) is 6.94. The zero-order chi connectivity index (χ0) is 14.2. The van der Waals surface area contributed by atoms with Gasteiger partial charge in [0.2, 0.25) is 5.91 Å². The van der Waals surface area contributed by atoms with Crippen molar-refractivity contribution in [2.75, 3.05) is 19.6 Å². The average molecular weight is 273 g/mol. The number of nitrogens with zero attached hydrogens (tertiary/aromatic N) is 2. The minimum absolute atomic E-state index is 0.217. The molecule has 1 saturated carbocycles. The standard InChI is InChI=1S/C16H23N3O/c1-16(2)8-13(9-16)15(20)19-7-6-18-14(11-19)12-4-3-5-17-10-12/h3-5,10,13-14,18H,6-9,11H2,1-2H3. The molecule has 4 heteroatoms. The quantitative estimate of drug-likeness (QED) is 0.896. The maximum atomic E-state index is 12.5. The van der Waals surface area contributed by atoms with Gasteiger partial charge in [-0.15, -0.1) is 0 Å². The van der Waals surface area contributed by atoms with E-state index < -0.39 is 0 Å². The molecule has 0 spiro atoms. The molecule has 1 atom stereocenters. The summed E-state index contributed by atoms with van der Waals surface area (Å²) in [6.07, 6.45) is 5.74. The van der Waals surface area contributed by atoms with Gasteiger partial charge in [0.05, 0.1) is 6.04 Å². The average Bonchev–Trinajstić information content (AvgIpc) is 2.45. The molecule has 2 heterocycles. The molecule has 108 valence electrons. The molecular weight excluding hydrogens is 250 g/mol. The number of amides is 1. The van der Waals surface area contributed by atoms with Crippen molar-refractivity contribution in [3.63, 3.8) is 0 Å². The number of rotatable bonds is 2. The van der Waals surface area contributed by atoms with Gasteiger partial charge in [0.1, 0.15) is 0 Å². The number of hydrogen-bond donors (Lipinski definition) is 1. The molecule has 3 rings (SSSR count). The number of carbonyl (C=O) groups is 1. The van der Waals surface area contributed by atoms with Gasteiger partial charge in [-0.1, -0.05) is 19.9 Å². The summed E-state index contributed by atoms with van der Waals surface area (Å²) in [5.41, 5.74) is 1.52. The van der Waals surface area contributed by atoms with Crippen molar-refractivity contribution in [1.29, 1.82) is 0 Å². The summed E-state index contributed by atoms with van der Waals surface area (Å²) in [5, 5.41) is 3.48. The Hall–Kier alpha value is -1.42. The molecule has 1 unspecified atom stereocenters. The summed E-state index contributed by atoms with van der Waals surface area (Å²) >= 11 is 0. The normalized spacial score (nSPS) is 26.1. The first-order valence-electron chi connectivity index (χ1n) is 7.47. The lowest BCUT2D eigenvalue weighted by molar-refractivity contribution is -0.143. The Balaban J connectivity index is 1.62. The van der Waals surface area contributed by atoms with E-state index in [2.05, 4.69) is 30.2 Å². The van der Waals surface area contributed by atoms with E-state index >= 15 is 0 Å². The molecule has 4 nitrogen and oxygen atoms in total.